The van der Waals surface area contributed by atoms with Gasteiger partial charge in [0.1, 0.15) is 5.82 Å². The lowest BCUT2D eigenvalue weighted by Gasteiger charge is -2.10. The van der Waals surface area contributed by atoms with E-state index in [9.17, 15) is 24.4 Å². The van der Waals surface area contributed by atoms with E-state index in [0.29, 0.717) is 0 Å². The third-order valence-electron chi connectivity index (χ3n) is 2.14. The molecule has 1 rings (SSSR count). The zero-order valence-corrected chi connectivity index (χ0v) is 8.92. The highest BCUT2D eigenvalue weighted by Crippen LogP contribution is 2.24. The minimum atomic E-state index is -1.47. The van der Waals surface area contributed by atoms with Crippen LogP contribution >= 0.6 is 0 Å². The Hall–Kier alpha value is -2.02. The van der Waals surface area contributed by atoms with Crippen molar-refractivity contribution in [1.82, 2.24) is 0 Å². The lowest BCUT2D eigenvalue weighted by Crippen LogP contribution is -2.09. The predicted octanol–water partition coefficient (Wildman–Crippen LogP) is 1.33. The highest BCUT2D eigenvalue weighted by Gasteiger charge is 2.20. The number of nitro groups is 1. The van der Waals surface area contributed by atoms with Crippen LogP contribution in [0.5, 0.6) is 0 Å². The topological polar surface area (TPSA) is 89.7 Å². The van der Waals surface area contributed by atoms with Crippen molar-refractivity contribution in [3.05, 3.63) is 39.7 Å². The molecule has 7 heteroatoms. The molecule has 1 atom stereocenters. The molecule has 0 aliphatic carbocycles. The maximum absolute atomic E-state index is 13.3. The maximum Gasteiger partial charge on any atom is 0.308 e. The number of ether oxygens (including phenoxy) is 1. The van der Waals surface area contributed by atoms with Gasteiger partial charge in [0, 0.05) is 17.7 Å². The van der Waals surface area contributed by atoms with Crippen LogP contribution in [0.3, 0.4) is 0 Å². The van der Waals surface area contributed by atoms with Gasteiger partial charge in [0.2, 0.25) is 0 Å². The van der Waals surface area contributed by atoms with E-state index in [0.717, 1.165) is 25.3 Å². The number of nitro benzene ring substituents is 1. The molecule has 0 heterocycles. The fraction of sp³-hybridized carbons (Fsp3) is 0.300. The number of carbonyl (C=O) groups excluding carboxylic acids is 1. The standard InChI is InChI=1S/C10H10FNO5/c1-17-10(14)5-9(13)7-4-6(12(15)16)2-3-8(7)11/h2-4,9,13H,5H2,1H3/t9-/m0/s1. The third kappa shape index (κ3) is 3.22. The summed E-state index contributed by atoms with van der Waals surface area (Å²) >= 11 is 0. The first-order valence-electron chi connectivity index (χ1n) is 4.64. The average molecular weight is 243 g/mol. The van der Waals surface area contributed by atoms with E-state index in [1.807, 2.05) is 0 Å². The number of carbonyl (C=O) groups is 1. The van der Waals surface area contributed by atoms with Crippen molar-refractivity contribution in [3.63, 3.8) is 0 Å². The van der Waals surface area contributed by atoms with Crippen molar-refractivity contribution in [3.8, 4) is 0 Å². The number of hydrogen-bond donors (Lipinski definition) is 1. The summed E-state index contributed by atoms with van der Waals surface area (Å²) in [4.78, 5) is 20.6. The lowest BCUT2D eigenvalue weighted by molar-refractivity contribution is -0.385. The Morgan fingerprint density at radius 2 is 2.29 bits per heavy atom. The van der Waals surface area contributed by atoms with Gasteiger partial charge in [-0.05, 0) is 6.07 Å². The number of esters is 1. The highest BCUT2D eigenvalue weighted by atomic mass is 19.1. The summed E-state index contributed by atoms with van der Waals surface area (Å²) in [6.07, 6.45) is -1.93. The molecule has 1 N–H and O–H groups in total. The molecule has 0 unspecified atom stereocenters. The molecule has 0 saturated carbocycles. The van der Waals surface area contributed by atoms with Crippen LogP contribution in [-0.4, -0.2) is 23.1 Å². The van der Waals surface area contributed by atoms with Crippen molar-refractivity contribution >= 4 is 11.7 Å². The zero-order valence-electron chi connectivity index (χ0n) is 8.92. The molecule has 0 saturated heterocycles. The number of aliphatic hydroxyl groups is 1. The second-order valence-electron chi connectivity index (χ2n) is 3.26. The molecule has 0 amide bonds. The van der Waals surface area contributed by atoms with Gasteiger partial charge >= 0.3 is 5.97 Å². The minimum absolute atomic E-state index is 0.301. The van der Waals surface area contributed by atoms with Gasteiger partial charge in [-0.1, -0.05) is 0 Å². The number of rotatable bonds is 4. The molecule has 1 aromatic carbocycles. The second kappa shape index (κ2) is 5.35. The molecule has 0 aliphatic rings. The van der Waals surface area contributed by atoms with Crippen LogP contribution in [0, 0.1) is 15.9 Å². The SMILES string of the molecule is COC(=O)C[C@H](O)c1cc([N+](=O)[O-])ccc1F. The number of hydrogen-bond acceptors (Lipinski definition) is 5. The highest BCUT2D eigenvalue weighted by molar-refractivity contribution is 5.70. The van der Waals surface area contributed by atoms with Crippen molar-refractivity contribution in [2.24, 2.45) is 0 Å². The lowest BCUT2D eigenvalue weighted by atomic mass is 10.1. The first kappa shape index (κ1) is 13.0. The number of non-ortho nitro benzene ring substituents is 1. The Morgan fingerprint density at radius 3 is 2.82 bits per heavy atom. The summed E-state index contributed by atoms with van der Waals surface area (Å²) in [6.45, 7) is 0. The first-order chi connectivity index (χ1) is 7.95. The Balaban J connectivity index is 2.99. The molecule has 0 aromatic heterocycles. The molecule has 0 radical (unpaired) electrons. The third-order valence-corrected chi connectivity index (χ3v) is 2.14. The van der Waals surface area contributed by atoms with E-state index in [-0.39, 0.29) is 11.3 Å². The monoisotopic (exact) mass is 243 g/mol. The number of methoxy groups -OCH3 is 1. The molecule has 0 spiro atoms. The van der Waals surface area contributed by atoms with Gasteiger partial charge in [-0.15, -0.1) is 0 Å². The van der Waals surface area contributed by atoms with E-state index in [1.165, 1.54) is 0 Å². The van der Waals surface area contributed by atoms with Crippen molar-refractivity contribution in [1.29, 1.82) is 0 Å². The number of benzene rings is 1. The first-order valence-corrected chi connectivity index (χ1v) is 4.64. The van der Waals surface area contributed by atoms with Crippen LogP contribution < -0.4 is 0 Å². The van der Waals surface area contributed by atoms with Crippen LogP contribution in [0.15, 0.2) is 18.2 Å². The van der Waals surface area contributed by atoms with E-state index in [4.69, 9.17) is 0 Å². The van der Waals surface area contributed by atoms with Crippen LogP contribution in [0.25, 0.3) is 0 Å². The molecule has 0 bridgehead atoms. The largest absolute Gasteiger partial charge is 0.469 e. The van der Waals surface area contributed by atoms with Crippen molar-refractivity contribution < 1.29 is 24.0 Å². The van der Waals surface area contributed by atoms with Gasteiger partial charge in [-0.3, -0.25) is 14.9 Å². The molecule has 6 nitrogen and oxygen atoms in total. The molecule has 0 aliphatic heterocycles. The quantitative estimate of drug-likeness (QED) is 0.489. The summed E-state index contributed by atoms with van der Waals surface area (Å²) in [7, 11) is 1.12. The summed E-state index contributed by atoms with van der Waals surface area (Å²) < 4.78 is 17.6. The van der Waals surface area contributed by atoms with E-state index in [1.54, 1.807) is 0 Å². The van der Waals surface area contributed by atoms with Crippen molar-refractivity contribution in [2.45, 2.75) is 12.5 Å². The fourth-order valence-corrected chi connectivity index (χ4v) is 1.25. The number of nitrogens with zero attached hydrogens (tertiary/aromatic N) is 1. The average Bonchev–Trinajstić information content (AvgIpc) is 2.28. The van der Waals surface area contributed by atoms with E-state index in [2.05, 4.69) is 4.74 Å². The summed E-state index contributed by atoms with van der Waals surface area (Å²) in [5.41, 5.74) is -0.657. The zero-order chi connectivity index (χ0) is 13.0. The van der Waals surface area contributed by atoms with Crippen LogP contribution in [0.4, 0.5) is 10.1 Å². The molecular weight excluding hydrogens is 233 g/mol. The smallest absolute Gasteiger partial charge is 0.308 e. The molecule has 92 valence electrons. The van der Waals surface area contributed by atoms with E-state index < -0.39 is 29.2 Å². The second-order valence-corrected chi connectivity index (χ2v) is 3.26. The molecule has 0 fully saturated rings. The Kier molecular flexibility index (Phi) is 4.11. The van der Waals surface area contributed by atoms with Gasteiger partial charge in [0.25, 0.3) is 5.69 Å². The Bertz CT molecular complexity index is 448. The van der Waals surface area contributed by atoms with Crippen molar-refractivity contribution in [2.75, 3.05) is 7.11 Å². The number of aliphatic hydroxyl groups excluding tert-OH is 1. The Morgan fingerprint density at radius 1 is 1.65 bits per heavy atom. The fourth-order valence-electron chi connectivity index (χ4n) is 1.25. The molecule has 1 aromatic rings. The molecule has 17 heavy (non-hydrogen) atoms. The van der Waals surface area contributed by atoms with Crippen LogP contribution in [0.2, 0.25) is 0 Å². The minimum Gasteiger partial charge on any atom is -0.469 e. The predicted molar refractivity (Wildman–Crippen MR) is 54.6 cm³/mol. The molecular formula is C10H10FNO5. The van der Waals surface area contributed by atoms with Gasteiger partial charge < -0.3 is 9.84 Å². The van der Waals surface area contributed by atoms with Gasteiger partial charge in [-0.2, -0.15) is 0 Å². The normalized spacial score (nSPS) is 11.9. The van der Waals surface area contributed by atoms with Gasteiger partial charge in [0.15, 0.2) is 0 Å². The number of halogens is 1. The van der Waals surface area contributed by atoms with Crippen LogP contribution in [-0.2, 0) is 9.53 Å². The van der Waals surface area contributed by atoms with Gasteiger partial charge in [-0.25, -0.2) is 4.39 Å². The van der Waals surface area contributed by atoms with E-state index >= 15 is 0 Å². The maximum atomic E-state index is 13.3. The Labute approximate surface area is 95.8 Å². The van der Waals surface area contributed by atoms with Crippen LogP contribution in [0.1, 0.15) is 18.1 Å². The van der Waals surface area contributed by atoms with Gasteiger partial charge in [0.05, 0.1) is 24.6 Å². The summed E-state index contributed by atoms with van der Waals surface area (Å²) in [5, 5.41) is 20.0. The summed E-state index contributed by atoms with van der Waals surface area (Å²) in [6, 6.07) is 2.74. The summed E-state index contributed by atoms with van der Waals surface area (Å²) in [5.74, 6) is -1.55.